The van der Waals surface area contributed by atoms with Gasteiger partial charge < -0.3 is 19.8 Å². The summed E-state index contributed by atoms with van der Waals surface area (Å²) in [5.74, 6) is 2.40. The fourth-order valence-corrected chi connectivity index (χ4v) is 2.27. The highest BCUT2D eigenvalue weighted by Gasteiger charge is 2.18. The highest BCUT2D eigenvalue weighted by atomic mass is 16.6. The van der Waals surface area contributed by atoms with Crippen LogP contribution in [-0.4, -0.2) is 22.8 Å². The van der Waals surface area contributed by atoms with Gasteiger partial charge in [0.05, 0.1) is 6.04 Å². The van der Waals surface area contributed by atoms with Crippen LogP contribution < -0.4 is 15.2 Å². The monoisotopic (exact) mass is 259 g/mol. The van der Waals surface area contributed by atoms with Gasteiger partial charge in [-0.3, -0.25) is 0 Å². The zero-order valence-electron chi connectivity index (χ0n) is 10.9. The van der Waals surface area contributed by atoms with Crippen LogP contribution in [0.3, 0.4) is 0 Å². The van der Waals surface area contributed by atoms with Crippen LogP contribution in [0.1, 0.15) is 24.4 Å². The van der Waals surface area contributed by atoms with Crippen LogP contribution in [-0.2, 0) is 6.54 Å². The molecular formula is C14H17N3O2. The van der Waals surface area contributed by atoms with Gasteiger partial charge in [0, 0.05) is 18.9 Å². The molecule has 0 radical (unpaired) electrons. The summed E-state index contributed by atoms with van der Waals surface area (Å²) >= 11 is 0. The molecule has 0 amide bonds. The van der Waals surface area contributed by atoms with Crippen molar-refractivity contribution in [3.63, 3.8) is 0 Å². The van der Waals surface area contributed by atoms with E-state index in [2.05, 4.69) is 11.9 Å². The van der Waals surface area contributed by atoms with Crippen molar-refractivity contribution < 1.29 is 9.47 Å². The number of aromatic nitrogens is 2. The summed E-state index contributed by atoms with van der Waals surface area (Å²) in [6.45, 7) is 4.10. The van der Waals surface area contributed by atoms with Gasteiger partial charge in [-0.15, -0.1) is 0 Å². The predicted octanol–water partition coefficient (Wildman–Crippen LogP) is 1.72. The molecule has 0 bridgehead atoms. The smallest absolute Gasteiger partial charge is 0.161 e. The zero-order valence-corrected chi connectivity index (χ0v) is 10.9. The second-order valence-corrected chi connectivity index (χ2v) is 4.45. The molecule has 1 aromatic carbocycles. The normalized spacial score (nSPS) is 15.3. The van der Waals surface area contributed by atoms with Crippen LogP contribution in [0.25, 0.3) is 0 Å². The van der Waals surface area contributed by atoms with Gasteiger partial charge in [0.15, 0.2) is 11.5 Å². The minimum absolute atomic E-state index is 0.259. The van der Waals surface area contributed by atoms with Crippen molar-refractivity contribution in [2.45, 2.75) is 19.5 Å². The number of hydrogen-bond acceptors (Lipinski definition) is 4. The number of aryl methyl sites for hydroxylation is 1. The fraction of sp³-hybridized carbons (Fsp3) is 0.357. The van der Waals surface area contributed by atoms with Gasteiger partial charge in [0.25, 0.3) is 0 Å². The molecule has 0 saturated carbocycles. The van der Waals surface area contributed by atoms with Gasteiger partial charge in [-0.1, -0.05) is 6.07 Å². The molecule has 100 valence electrons. The second kappa shape index (κ2) is 4.93. The lowest BCUT2D eigenvalue weighted by molar-refractivity contribution is 0.171. The Morgan fingerprint density at radius 1 is 1.32 bits per heavy atom. The Morgan fingerprint density at radius 3 is 2.89 bits per heavy atom. The van der Waals surface area contributed by atoms with Crippen molar-refractivity contribution >= 4 is 0 Å². The number of benzene rings is 1. The average molecular weight is 259 g/mol. The van der Waals surface area contributed by atoms with E-state index in [1.165, 1.54) is 0 Å². The minimum atomic E-state index is -0.259. The first kappa shape index (κ1) is 12.0. The summed E-state index contributed by atoms with van der Waals surface area (Å²) in [5.41, 5.74) is 7.27. The SMILES string of the molecule is CCn1ccnc1C(N)c1ccc2c(c1)OCCO2. The summed E-state index contributed by atoms with van der Waals surface area (Å²) in [5, 5.41) is 0. The van der Waals surface area contributed by atoms with E-state index in [-0.39, 0.29) is 6.04 Å². The Morgan fingerprint density at radius 2 is 2.11 bits per heavy atom. The lowest BCUT2D eigenvalue weighted by atomic mass is 10.1. The van der Waals surface area contributed by atoms with E-state index >= 15 is 0 Å². The lowest BCUT2D eigenvalue weighted by Crippen LogP contribution is -2.19. The molecule has 5 nitrogen and oxygen atoms in total. The van der Waals surface area contributed by atoms with E-state index in [4.69, 9.17) is 15.2 Å². The van der Waals surface area contributed by atoms with E-state index in [0.717, 1.165) is 29.4 Å². The Labute approximate surface area is 112 Å². The van der Waals surface area contributed by atoms with Crippen LogP contribution in [0.5, 0.6) is 11.5 Å². The Bertz CT molecular complexity index is 580. The van der Waals surface area contributed by atoms with Gasteiger partial charge in [0.2, 0.25) is 0 Å². The maximum Gasteiger partial charge on any atom is 0.161 e. The van der Waals surface area contributed by atoms with Crippen molar-refractivity contribution in [1.29, 1.82) is 0 Å². The van der Waals surface area contributed by atoms with E-state index < -0.39 is 0 Å². The van der Waals surface area contributed by atoms with E-state index in [1.807, 2.05) is 29.0 Å². The molecule has 19 heavy (non-hydrogen) atoms. The highest BCUT2D eigenvalue weighted by Crippen LogP contribution is 2.33. The molecule has 1 unspecified atom stereocenters. The van der Waals surface area contributed by atoms with Crippen LogP contribution in [0.2, 0.25) is 0 Å². The first-order valence-electron chi connectivity index (χ1n) is 6.45. The third kappa shape index (κ3) is 2.17. The number of rotatable bonds is 3. The maximum atomic E-state index is 6.29. The molecule has 2 N–H and O–H groups in total. The predicted molar refractivity (Wildman–Crippen MR) is 71.4 cm³/mol. The Hall–Kier alpha value is -2.01. The van der Waals surface area contributed by atoms with Gasteiger partial charge >= 0.3 is 0 Å². The number of imidazole rings is 1. The third-order valence-corrected chi connectivity index (χ3v) is 3.29. The summed E-state index contributed by atoms with van der Waals surface area (Å²) in [6, 6.07) is 5.55. The van der Waals surface area contributed by atoms with Crippen LogP contribution in [0, 0.1) is 0 Å². The fourth-order valence-electron chi connectivity index (χ4n) is 2.27. The zero-order chi connectivity index (χ0) is 13.2. The molecule has 0 fully saturated rings. The molecule has 2 aromatic rings. The number of nitrogens with two attached hydrogens (primary N) is 1. The van der Waals surface area contributed by atoms with E-state index in [9.17, 15) is 0 Å². The third-order valence-electron chi connectivity index (χ3n) is 3.29. The lowest BCUT2D eigenvalue weighted by Gasteiger charge is -2.20. The van der Waals surface area contributed by atoms with E-state index in [0.29, 0.717) is 13.2 Å². The standard InChI is InChI=1S/C14H17N3O2/c1-2-17-6-5-16-14(17)13(15)10-3-4-11-12(9-10)19-8-7-18-11/h3-6,9,13H,2,7-8,15H2,1H3. The number of ether oxygens (including phenoxy) is 2. The van der Waals surface area contributed by atoms with Crippen LogP contribution in [0.4, 0.5) is 0 Å². The summed E-state index contributed by atoms with van der Waals surface area (Å²) < 4.78 is 13.1. The summed E-state index contributed by atoms with van der Waals surface area (Å²) in [7, 11) is 0. The molecule has 2 heterocycles. The average Bonchev–Trinajstić information content (AvgIpc) is 2.94. The topological polar surface area (TPSA) is 62.3 Å². The molecule has 5 heteroatoms. The minimum Gasteiger partial charge on any atom is -0.486 e. The van der Waals surface area contributed by atoms with Gasteiger partial charge in [-0.25, -0.2) is 4.98 Å². The van der Waals surface area contributed by atoms with Gasteiger partial charge in [-0.2, -0.15) is 0 Å². The molecule has 1 atom stereocenters. The number of hydrogen-bond donors (Lipinski definition) is 1. The number of nitrogens with zero attached hydrogens (tertiary/aromatic N) is 2. The molecule has 3 rings (SSSR count). The van der Waals surface area contributed by atoms with E-state index in [1.54, 1.807) is 6.20 Å². The molecule has 0 aliphatic carbocycles. The molecule has 0 spiro atoms. The summed E-state index contributed by atoms with van der Waals surface area (Å²) in [4.78, 5) is 4.34. The van der Waals surface area contributed by atoms with Gasteiger partial charge in [0.1, 0.15) is 19.0 Å². The van der Waals surface area contributed by atoms with Crippen molar-refractivity contribution in [3.8, 4) is 11.5 Å². The van der Waals surface area contributed by atoms with Crippen molar-refractivity contribution in [2.24, 2.45) is 5.73 Å². The van der Waals surface area contributed by atoms with Gasteiger partial charge in [-0.05, 0) is 24.6 Å². The molecule has 0 saturated heterocycles. The van der Waals surface area contributed by atoms with Crippen molar-refractivity contribution in [1.82, 2.24) is 9.55 Å². The molecule has 1 aliphatic rings. The van der Waals surface area contributed by atoms with Crippen LogP contribution >= 0.6 is 0 Å². The van der Waals surface area contributed by atoms with Crippen molar-refractivity contribution in [2.75, 3.05) is 13.2 Å². The highest BCUT2D eigenvalue weighted by molar-refractivity contribution is 5.45. The Balaban J connectivity index is 1.93. The first-order valence-corrected chi connectivity index (χ1v) is 6.45. The van der Waals surface area contributed by atoms with Crippen LogP contribution in [0.15, 0.2) is 30.6 Å². The molecular weight excluding hydrogens is 242 g/mol. The van der Waals surface area contributed by atoms with Crippen molar-refractivity contribution in [3.05, 3.63) is 42.0 Å². The quantitative estimate of drug-likeness (QED) is 0.911. The molecule has 1 aromatic heterocycles. The number of fused-ring (bicyclic) bond motifs is 1. The molecule has 1 aliphatic heterocycles. The maximum absolute atomic E-state index is 6.29. The Kier molecular flexibility index (Phi) is 3.13. The largest absolute Gasteiger partial charge is 0.486 e. The first-order chi connectivity index (χ1) is 9.29. The second-order valence-electron chi connectivity index (χ2n) is 4.45. The summed E-state index contributed by atoms with van der Waals surface area (Å²) in [6.07, 6.45) is 3.71.